The van der Waals surface area contributed by atoms with E-state index in [0.29, 0.717) is 6.07 Å². The van der Waals surface area contributed by atoms with Crippen LogP contribution in [0.5, 0.6) is 0 Å². The molecule has 1 aromatic rings. The lowest BCUT2D eigenvalue weighted by atomic mass is 10.2. The van der Waals surface area contributed by atoms with Crippen molar-refractivity contribution < 1.29 is 18.7 Å². The molecule has 0 aliphatic heterocycles. The number of aromatic nitrogens is 1. The summed E-state index contributed by atoms with van der Waals surface area (Å²) in [6.45, 7) is 0. The van der Waals surface area contributed by atoms with Gasteiger partial charge >= 0.3 is 5.97 Å². The molecule has 0 amide bonds. The van der Waals surface area contributed by atoms with Crippen molar-refractivity contribution >= 4 is 17.6 Å². The summed E-state index contributed by atoms with van der Waals surface area (Å²) in [7, 11) is 0. The van der Waals surface area contributed by atoms with Crippen molar-refractivity contribution in [3.63, 3.8) is 0 Å². The van der Waals surface area contributed by atoms with E-state index in [4.69, 9.17) is 16.7 Å². The van der Waals surface area contributed by atoms with E-state index in [1.165, 1.54) is 0 Å². The fourth-order valence-corrected chi connectivity index (χ4v) is 1.28. The number of rotatable bonds is 3. The molecule has 0 radical (unpaired) electrons. The highest BCUT2D eigenvalue weighted by molar-refractivity contribution is 6.30. The largest absolute Gasteiger partial charge is 0.481 e. The van der Waals surface area contributed by atoms with Crippen LogP contribution in [-0.2, 0) is 11.2 Å². The van der Waals surface area contributed by atoms with Gasteiger partial charge in [0.2, 0.25) is 0 Å². The molecule has 0 bridgehead atoms. The first-order valence-electron chi connectivity index (χ1n) is 3.83. The molecule has 15 heavy (non-hydrogen) atoms. The van der Waals surface area contributed by atoms with Crippen LogP contribution in [-0.4, -0.2) is 16.1 Å². The van der Waals surface area contributed by atoms with Gasteiger partial charge in [-0.1, -0.05) is 11.6 Å². The van der Waals surface area contributed by atoms with E-state index >= 15 is 0 Å². The Bertz CT molecular complexity index is 444. The van der Waals surface area contributed by atoms with Crippen LogP contribution in [0.4, 0.5) is 8.78 Å². The monoisotopic (exact) mass is 237 g/mol. The maximum Gasteiger partial charge on any atom is 0.308 e. The first-order valence-corrected chi connectivity index (χ1v) is 4.21. The normalized spacial score (nSPS) is 10.7. The topological polar surface area (TPSA) is 70.2 Å². The highest BCUT2D eigenvalue weighted by Crippen LogP contribution is 2.18. The summed E-state index contributed by atoms with van der Waals surface area (Å²) < 4.78 is 24.4. The van der Waals surface area contributed by atoms with Crippen LogP contribution in [0, 0.1) is 0 Å². The number of carbonyl (C=O) groups is 1. The number of carboxylic acids is 1. The lowest BCUT2D eigenvalue weighted by molar-refractivity contribution is -0.136. The first kappa shape index (κ1) is 11.6. The van der Waals surface area contributed by atoms with Crippen LogP contribution in [0.1, 0.15) is 17.7 Å². The third-order valence-electron chi connectivity index (χ3n) is 1.67. The van der Waals surface area contributed by atoms with Gasteiger partial charge in [0, 0.05) is 11.6 Å². The Balaban J connectivity index is 3.21. The molecular weight excluding hydrogens is 232 g/mol. The van der Waals surface area contributed by atoms with Crippen LogP contribution in [0.25, 0.3) is 0 Å². The molecule has 0 saturated carbocycles. The molecule has 1 rings (SSSR count). The highest BCUT2D eigenvalue weighted by Gasteiger charge is 2.15. The Kier molecular flexibility index (Phi) is 3.41. The van der Waals surface area contributed by atoms with Crippen molar-refractivity contribution in [2.45, 2.75) is 12.8 Å². The number of pyridine rings is 1. The van der Waals surface area contributed by atoms with Gasteiger partial charge in [0.25, 0.3) is 6.43 Å². The van der Waals surface area contributed by atoms with E-state index in [-0.39, 0.29) is 10.7 Å². The Morgan fingerprint density at radius 3 is 2.60 bits per heavy atom. The molecule has 0 aromatic carbocycles. The lowest BCUT2D eigenvalue weighted by Crippen LogP contribution is -2.16. The number of nitrogens with one attached hydrogen (secondary N) is 1. The van der Waals surface area contributed by atoms with Gasteiger partial charge < -0.3 is 10.1 Å². The van der Waals surface area contributed by atoms with E-state index in [1.54, 1.807) is 0 Å². The average molecular weight is 238 g/mol. The fraction of sp³-hybridized carbons (Fsp3) is 0.250. The molecule has 0 fully saturated rings. The molecular formula is C8H6ClF2NO3. The van der Waals surface area contributed by atoms with E-state index in [0.717, 1.165) is 0 Å². The standard InChI is InChI=1S/C8H6ClF2NO3/c9-7-3(1-6(14)15)5(13)2-4(12-7)8(10)11/h2,8H,1H2,(H,12,13)(H,14,15). The van der Waals surface area contributed by atoms with Gasteiger partial charge in [-0.25, -0.2) is 8.78 Å². The Labute approximate surface area is 87.5 Å². The minimum Gasteiger partial charge on any atom is -0.481 e. The summed E-state index contributed by atoms with van der Waals surface area (Å²) >= 11 is 5.47. The van der Waals surface area contributed by atoms with Crippen molar-refractivity contribution in [2.75, 3.05) is 0 Å². The Morgan fingerprint density at radius 1 is 1.60 bits per heavy atom. The smallest absolute Gasteiger partial charge is 0.308 e. The second kappa shape index (κ2) is 4.39. The van der Waals surface area contributed by atoms with E-state index < -0.39 is 29.9 Å². The Hall–Kier alpha value is -1.43. The zero-order chi connectivity index (χ0) is 11.6. The molecule has 0 atom stereocenters. The summed E-state index contributed by atoms with van der Waals surface area (Å²) in [4.78, 5) is 23.6. The summed E-state index contributed by atoms with van der Waals surface area (Å²) in [6, 6.07) is 0.648. The first-order chi connectivity index (χ1) is 6.91. The molecule has 1 aromatic heterocycles. The average Bonchev–Trinajstić information content (AvgIpc) is 2.10. The number of hydrogen-bond donors (Lipinski definition) is 2. The molecule has 1 heterocycles. The summed E-state index contributed by atoms with van der Waals surface area (Å²) in [5.41, 5.74) is -1.66. The molecule has 0 spiro atoms. The third-order valence-corrected chi connectivity index (χ3v) is 1.99. The van der Waals surface area contributed by atoms with E-state index in [9.17, 15) is 18.4 Å². The van der Waals surface area contributed by atoms with Gasteiger partial charge in [-0.05, 0) is 0 Å². The quantitative estimate of drug-likeness (QED) is 0.785. The number of aliphatic carboxylic acids is 1. The second-order valence-electron chi connectivity index (χ2n) is 2.75. The lowest BCUT2D eigenvalue weighted by Gasteiger charge is -2.04. The fourth-order valence-electron chi connectivity index (χ4n) is 1.01. The molecule has 0 saturated heterocycles. The van der Waals surface area contributed by atoms with Gasteiger partial charge in [0.05, 0.1) is 12.1 Å². The number of hydrogen-bond acceptors (Lipinski definition) is 2. The van der Waals surface area contributed by atoms with Gasteiger partial charge in [-0.15, -0.1) is 0 Å². The molecule has 82 valence electrons. The van der Waals surface area contributed by atoms with Crippen molar-refractivity contribution in [1.29, 1.82) is 0 Å². The third kappa shape index (κ3) is 2.76. The number of carboxylic acid groups (broad SMARTS) is 1. The zero-order valence-electron chi connectivity index (χ0n) is 7.26. The number of alkyl halides is 2. The minimum atomic E-state index is -2.85. The van der Waals surface area contributed by atoms with Crippen molar-refractivity contribution in [2.24, 2.45) is 0 Å². The van der Waals surface area contributed by atoms with Gasteiger partial charge in [0.15, 0.2) is 5.43 Å². The summed E-state index contributed by atoms with van der Waals surface area (Å²) in [5.74, 6) is -1.26. The number of halogens is 3. The summed E-state index contributed by atoms with van der Waals surface area (Å²) in [5, 5.41) is 8.07. The molecule has 0 aliphatic rings. The maximum atomic E-state index is 12.2. The molecule has 0 unspecified atom stereocenters. The van der Waals surface area contributed by atoms with E-state index in [2.05, 4.69) is 4.98 Å². The van der Waals surface area contributed by atoms with Crippen LogP contribution >= 0.6 is 11.6 Å². The van der Waals surface area contributed by atoms with Gasteiger partial charge in [0.1, 0.15) is 5.15 Å². The molecule has 2 N–H and O–H groups in total. The van der Waals surface area contributed by atoms with E-state index in [1.807, 2.05) is 0 Å². The van der Waals surface area contributed by atoms with Gasteiger partial charge in [-0.3, -0.25) is 9.59 Å². The Morgan fingerprint density at radius 2 is 2.20 bits per heavy atom. The SMILES string of the molecule is O=C(O)Cc1c(Cl)[nH]c(C(F)F)cc1=O. The zero-order valence-corrected chi connectivity index (χ0v) is 8.02. The molecule has 4 nitrogen and oxygen atoms in total. The highest BCUT2D eigenvalue weighted by atomic mass is 35.5. The van der Waals surface area contributed by atoms with Crippen LogP contribution in [0.15, 0.2) is 10.9 Å². The molecule has 7 heteroatoms. The second-order valence-corrected chi connectivity index (χ2v) is 3.13. The summed E-state index contributed by atoms with van der Waals surface area (Å²) in [6.07, 6.45) is -3.45. The van der Waals surface area contributed by atoms with Gasteiger partial charge in [-0.2, -0.15) is 0 Å². The van der Waals surface area contributed by atoms with Crippen molar-refractivity contribution in [1.82, 2.24) is 4.98 Å². The van der Waals surface area contributed by atoms with Crippen LogP contribution < -0.4 is 5.43 Å². The van der Waals surface area contributed by atoms with Crippen molar-refractivity contribution in [3.8, 4) is 0 Å². The maximum absolute atomic E-state index is 12.2. The minimum absolute atomic E-state index is 0.228. The van der Waals surface area contributed by atoms with Crippen molar-refractivity contribution in [3.05, 3.63) is 32.7 Å². The predicted molar refractivity (Wildman–Crippen MR) is 48.4 cm³/mol. The molecule has 0 aliphatic carbocycles. The predicted octanol–water partition coefficient (Wildman–Crippen LogP) is 1.59. The number of aromatic amines is 1. The van der Waals surface area contributed by atoms with Crippen LogP contribution in [0.3, 0.4) is 0 Å². The number of H-pyrrole nitrogens is 1. The van der Waals surface area contributed by atoms with Crippen LogP contribution in [0.2, 0.25) is 5.15 Å².